The largest absolute Gasteiger partial charge is 0.460 e. The summed E-state index contributed by atoms with van der Waals surface area (Å²) in [6, 6.07) is -0.735. The lowest BCUT2D eigenvalue weighted by Gasteiger charge is -2.27. The molecule has 0 N–H and O–H groups in total. The molecule has 0 aliphatic carbocycles. The Labute approximate surface area is 114 Å². The second-order valence-corrected chi connectivity index (χ2v) is 3.99. The number of halogens is 10. The molecule has 1 heterocycles. The summed E-state index contributed by atoms with van der Waals surface area (Å²) in [6.07, 6.45) is -12.2. The van der Waals surface area contributed by atoms with Crippen molar-refractivity contribution in [3.63, 3.8) is 0 Å². The Morgan fingerprint density at radius 3 is 1.77 bits per heavy atom. The van der Waals surface area contributed by atoms with Gasteiger partial charge in [0.15, 0.2) is 5.69 Å². The van der Waals surface area contributed by atoms with Gasteiger partial charge in [0.05, 0.1) is 0 Å². The highest BCUT2D eigenvalue weighted by molar-refractivity contribution is 5.76. The molecule has 0 amide bonds. The molecular formula is C9H4F10N2O. The first-order valence-electron chi connectivity index (χ1n) is 5.04. The Morgan fingerprint density at radius 1 is 1.00 bits per heavy atom. The Bertz CT molecular complexity index is 582. The monoisotopic (exact) mass is 346 g/mol. The van der Waals surface area contributed by atoms with Crippen molar-refractivity contribution in [2.24, 2.45) is 0 Å². The van der Waals surface area contributed by atoms with E-state index in [-0.39, 0.29) is 0 Å². The fourth-order valence-electron chi connectivity index (χ4n) is 1.32. The van der Waals surface area contributed by atoms with Gasteiger partial charge in [-0.3, -0.25) is 4.79 Å². The van der Waals surface area contributed by atoms with Crippen LogP contribution in [0.25, 0.3) is 0 Å². The third-order valence-electron chi connectivity index (χ3n) is 2.37. The first-order chi connectivity index (χ1) is 9.53. The predicted octanol–water partition coefficient (Wildman–Crippen LogP) is 3.85. The molecular weight excluding hydrogens is 342 g/mol. The van der Waals surface area contributed by atoms with Crippen molar-refractivity contribution in [1.82, 2.24) is 9.78 Å². The molecule has 0 aliphatic heterocycles. The first-order valence-corrected chi connectivity index (χ1v) is 5.04. The van der Waals surface area contributed by atoms with Crippen LogP contribution in [0.15, 0.2) is 6.07 Å². The van der Waals surface area contributed by atoms with Crippen LogP contribution in [0, 0.1) is 0 Å². The molecule has 0 spiro atoms. The van der Waals surface area contributed by atoms with Crippen molar-refractivity contribution >= 4 is 5.91 Å². The van der Waals surface area contributed by atoms with Crippen molar-refractivity contribution < 1.29 is 48.7 Å². The lowest BCUT2D eigenvalue weighted by atomic mass is 10.1. The molecule has 0 aromatic carbocycles. The fraction of sp³-hybridized carbons (Fsp3) is 0.556. The highest BCUT2D eigenvalue weighted by Gasteiger charge is 2.74. The van der Waals surface area contributed by atoms with Crippen LogP contribution in [0.1, 0.15) is 23.1 Å². The Kier molecular flexibility index (Phi) is 4.01. The molecule has 0 fully saturated rings. The van der Waals surface area contributed by atoms with Crippen LogP contribution in [0.2, 0.25) is 0 Å². The maximum absolute atomic E-state index is 13.4. The summed E-state index contributed by atoms with van der Waals surface area (Å²) in [4.78, 5) is 10.9. The van der Waals surface area contributed by atoms with Gasteiger partial charge in [-0.1, -0.05) is 0 Å². The van der Waals surface area contributed by atoms with Crippen LogP contribution >= 0.6 is 0 Å². The SMILES string of the molecule is CC(=O)n1nc(C(F)(F)F)cc1C(F)(F)C(F)(F)C(F)(F)F. The van der Waals surface area contributed by atoms with Crippen LogP contribution in [-0.2, 0) is 12.1 Å². The van der Waals surface area contributed by atoms with Crippen molar-refractivity contribution in [2.45, 2.75) is 31.1 Å². The molecule has 126 valence electrons. The number of carbonyl (C=O) groups is 1. The number of hydrogen-bond donors (Lipinski definition) is 0. The Morgan fingerprint density at radius 2 is 1.45 bits per heavy atom. The summed E-state index contributed by atoms with van der Waals surface area (Å²) in [5.41, 5.74) is -4.73. The molecule has 13 heteroatoms. The Balaban J connectivity index is 3.61. The molecule has 22 heavy (non-hydrogen) atoms. The van der Waals surface area contributed by atoms with Crippen LogP contribution in [0.3, 0.4) is 0 Å². The van der Waals surface area contributed by atoms with E-state index in [1.165, 1.54) is 0 Å². The lowest BCUT2D eigenvalue weighted by Crippen LogP contribution is -2.51. The van der Waals surface area contributed by atoms with Gasteiger partial charge in [-0.15, -0.1) is 0 Å². The van der Waals surface area contributed by atoms with Gasteiger partial charge in [0.25, 0.3) is 0 Å². The average molecular weight is 346 g/mol. The van der Waals surface area contributed by atoms with Gasteiger partial charge in [-0.05, 0) is 6.07 Å². The van der Waals surface area contributed by atoms with Gasteiger partial charge < -0.3 is 0 Å². The van der Waals surface area contributed by atoms with E-state index in [4.69, 9.17) is 0 Å². The zero-order valence-electron chi connectivity index (χ0n) is 10.2. The van der Waals surface area contributed by atoms with E-state index in [0.29, 0.717) is 6.92 Å². The van der Waals surface area contributed by atoms with Gasteiger partial charge in [-0.25, -0.2) is 0 Å². The van der Waals surface area contributed by atoms with E-state index < -0.39 is 52.2 Å². The average Bonchev–Trinajstić information content (AvgIpc) is 2.71. The van der Waals surface area contributed by atoms with E-state index >= 15 is 0 Å². The smallest absolute Gasteiger partial charge is 0.273 e. The molecule has 0 bridgehead atoms. The van der Waals surface area contributed by atoms with E-state index in [1.54, 1.807) is 0 Å². The summed E-state index contributed by atoms with van der Waals surface area (Å²) >= 11 is 0. The van der Waals surface area contributed by atoms with Crippen molar-refractivity contribution in [3.8, 4) is 0 Å². The molecule has 3 nitrogen and oxygen atoms in total. The maximum Gasteiger partial charge on any atom is 0.460 e. The topological polar surface area (TPSA) is 34.9 Å². The highest BCUT2D eigenvalue weighted by atomic mass is 19.4. The van der Waals surface area contributed by atoms with E-state index in [9.17, 15) is 48.7 Å². The number of nitrogens with zero attached hydrogens (tertiary/aromatic N) is 2. The molecule has 0 aliphatic rings. The number of alkyl halides is 10. The van der Waals surface area contributed by atoms with Crippen LogP contribution < -0.4 is 0 Å². The zero-order valence-corrected chi connectivity index (χ0v) is 10.2. The van der Waals surface area contributed by atoms with Gasteiger partial charge >= 0.3 is 24.2 Å². The van der Waals surface area contributed by atoms with Gasteiger partial charge in [-0.2, -0.15) is 53.7 Å². The summed E-state index contributed by atoms with van der Waals surface area (Å²) in [6.45, 7) is 0.360. The third kappa shape index (κ3) is 2.75. The van der Waals surface area contributed by atoms with Gasteiger partial charge in [0.2, 0.25) is 5.91 Å². The summed E-state index contributed by atoms with van der Waals surface area (Å²) in [5.74, 6) is -14.6. The van der Waals surface area contributed by atoms with Gasteiger partial charge in [0, 0.05) is 6.92 Å². The summed E-state index contributed by atoms with van der Waals surface area (Å²) < 4.78 is 125. The first kappa shape index (κ1) is 18.2. The summed E-state index contributed by atoms with van der Waals surface area (Å²) in [5, 5.41) is 2.30. The molecule has 1 rings (SSSR count). The Hall–Kier alpha value is -1.82. The van der Waals surface area contributed by atoms with E-state index in [0.717, 1.165) is 0 Å². The second-order valence-electron chi connectivity index (χ2n) is 3.99. The number of rotatable bonds is 2. The fourth-order valence-corrected chi connectivity index (χ4v) is 1.32. The molecule has 0 saturated carbocycles. The summed E-state index contributed by atoms with van der Waals surface area (Å²) in [7, 11) is 0. The van der Waals surface area contributed by atoms with Crippen LogP contribution in [-0.4, -0.2) is 27.8 Å². The quantitative estimate of drug-likeness (QED) is 0.763. The molecule has 1 aromatic rings. The third-order valence-corrected chi connectivity index (χ3v) is 2.37. The molecule has 1 aromatic heterocycles. The van der Waals surface area contributed by atoms with E-state index in [2.05, 4.69) is 5.10 Å². The van der Waals surface area contributed by atoms with E-state index in [1.807, 2.05) is 0 Å². The highest BCUT2D eigenvalue weighted by Crippen LogP contribution is 2.52. The number of hydrogen-bond acceptors (Lipinski definition) is 2. The standard InChI is InChI=1S/C9H4F10N2O/c1-3(22)21-5(2-4(20-21)7(12,13)14)6(10,11)8(15,16)9(17,18)19/h2H,1H3. The number of carbonyl (C=O) groups excluding carboxylic acids is 1. The van der Waals surface area contributed by atoms with Gasteiger partial charge in [0.1, 0.15) is 5.69 Å². The van der Waals surface area contributed by atoms with Crippen molar-refractivity contribution in [3.05, 3.63) is 17.5 Å². The molecule has 0 atom stereocenters. The van der Waals surface area contributed by atoms with Crippen molar-refractivity contribution in [1.29, 1.82) is 0 Å². The zero-order chi connectivity index (χ0) is 17.7. The van der Waals surface area contributed by atoms with Crippen LogP contribution in [0.5, 0.6) is 0 Å². The molecule has 0 radical (unpaired) electrons. The van der Waals surface area contributed by atoms with Crippen LogP contribution in [0.4, 0.5) is 43.9 Å². The number of aromatic nitrogens is 2. The second kappa shape index (κ2) is 4.84. The minimum Gasteiger partial charge on any atom is -0.273 e. The molecule has 0 saturated heterocycles. The normalized spacial score (nSPS) is 14.3. The lowest BCUT2D eigenvalue weighted by molar-refractivity contribution is -0.360. The predicted molar refractivity (Wildman–Crippen MR) is 48.4 cm³/mol. The van der Waals surface area contributed by atoms with Crippen molar-refractivity contribution in [2.75, 3.05) is 0 Å². The minimum atomic E-state index is -6.76. The maximum atomic E-state index is 13.4. The molecule has 0 unspecified atom stereocenters. The minimum absolute atomic E-state index is 0.360.